The summed E-state index contributed by atoms with van der Waals surface area (Å²) in [5.41, 5.74) is 0.0201. The first-order valence-corrected chi connectivity index (χ1v) is 9.44. The number of alkyl halides is 3. The largest absolute Gasteiger partial charge is 0.455 e. The summed E-state index contributed by atoms with van der Waals surface area (Å²) in [6.45, 7) is 0.294. The molecule has 2 heterocycles. The number of halogens is 3. The van der Waals surface area contributed by atoms with Gasteiger partial charge in [-0.1, -0.05) is 23.9 Å². The van der Waals surface area contributed by atoms with Crippen molar-refractivity contribution >= 4 is 17.7 Å². The second-order valence-corrected chi connectivity index (χ2v) is 7.02. The van der Waals surface area contributed by atoms with Crippen LogP contribution in [0.2, 0.25) is 0 Å². The van der Waals surface area contributed by atoms with E-state index in [1.807, 2.05) is 17.8 Å². The topological polar surface area (TPSA) is 60.1 Å². The average Bonchev–Trinajstić information content (AvgIpc) is 3.28. The van der Waals surface area contributed by atoms with Crippen molar-refractivity contribution in [3.8, 4) is 0 Å². The van der Waals surface area contributed by atoms with E-state index in [2.05, 4.69) is 10.3 Å². The van der Waals surface area contributed by atoms with E-state index in [-0.39, 0.29) is 11.7 Å². The molecule has 148 valence electrons. The summed E-state index contributed by atoms with van der Waals surface area (Å²) in [6.07, 6.45) is -0.370. The third kappa shape index (κ3) is 5.19. The van der Waals surface area contributed by atoms with Crippen molar-refractivity contribution in [2.24, 2.45) is 7.05 Å². The van der Waals surface area contributed by atoms with E-state index >= 15 is 0 Å². The number of nitrogens with zero attached hydrogens (tertiary/aromatic N) is 2. The van der Waals surface area contributed by atoms with E-state index < -0.39 is 11.7 Å². The van der Waals surface area contributed by atoms with Crippen molar-refractivity contribution in [1.29, 1.82) is 0 Å². The van der Waals surface area contributed by atoms with Crippen LogP contribution in [0.1, 0.15) is 27.4 Å². The predicted molar refractivity (Wildman–Crippen MR) is 99.0 cm³/mol. The Bertz CT molecular complexity index is 933. The number of aromatic nitrogens is 2. The fraction of sp³-hybridized carbons (Fsp3) is 0.263. The second kappa shape index (κ2) is 8.55. The van der Waals surface area contributed by atoms with Crippen LogP contribution >= 0.6 is 11.8 Å². The van der Waals surface area contributed by atoms with E-state index in [4.69, 9.17) is 4.42 Å². The van der Waals surface area contributed by atoms with Crippen molar-refractivity contribution in [3.05, 3.63) is 71.4 Å². The molecule has 0 aliphatic carbocycles. The first kappa shape index (κ1) is 20.1. The highest BCUT2D eigenvalue weighted by Crippen LogP contribution is 2.29. The number of amides is 1. The Labute approximate surface area is 163 Å². The Morgan fingerprint density at radius 3 is 2.61 bits per heavy atom. The van der Waals surface area contributed by atoms with E-state index in [0.29, 0.717) is 30.0 Å². The zero-order valence-corrected chi connectivity index (χ0v) is 15.8. The third-order valence-electron chi connectivity index (χ3n) is 3.99. The first-order chi connectivity index (χ1) is 13.3. The van der Waals surface area contributed by atoms with E-state index in [0.717, 1.165) is 17.3 Å². The van der Waals surface area contributed by atoms with Crippen LogP contribution in [0.4, 0.5) is 13.2 Å². The summed E-state index contributed by atoms with van der Waals surface area (Å²) in [7, 11) is 1.90. The summed E-state index contributed by atoms with van der Waals surface area (Å²) in [5.74, 6) is 1.04. The lowest BCUT2D eigenvalue weighted by Crippen LogP contribution is -2.25. The molecule has 9 heteroatoms. The molecule has 0 bridgehead atoms. The maximum atomic E-state index is 12.5. The van der Waals surface area contributed by atoms with Gasteiger partial charge in [0, 0.05) is 26.0 Å². The van der Waals surface area contributed by atoms with E-state index in [1.54, 1.807) is 18.3 Å². The average molecular weight is 409 g/mol. The molecule has 3 rings (SSSR count). The van der Waals surface area contributed by atoms with Crippen LogP contribution in [-0.4, -0.2) is 22.0 Å². The van der Waals surface area contributed by atoms with Gasteiger partial charge >= 0.3 is 6.18 Å². The van der Waals surface area contributed by atoms with Crippen LogP contribution in [0, 0.1) is 0 Å². The smallest absolute Gasteiger partial charge is 0.416 e. The van der Waals surface area contributed by atoms with Crippen molar-refractivity contribution in [2.75, 3.05) is 6.54 Å². The minimum absolute atomic E-state index is 0.197. The Morgan fingerprint density at radius 1 is 1.21 bits per heavy atom. The van der Waals surface area contributed by atoms with Crippen LogP contribution in [0.3, 0.4) is 0 Å². The van der Waals surface area contributed by atoms with Gasteiger partial charge in [-0.05, 0) is 36.2 Å². The van der Waals surface area contributed by atoms with Crippen molar-refractivity contribution in [2.45, 2.75) is 23.5 Å². The maximum Gasteiger partial charge on any atom is 0.416 e. The molecule has 2 aromatic heterocycles. The van der Waals surface area contributed by atoms with Gasteiger partial charge in [-0.2, -0.15) is 13.2 Å². The minimum Gasteiger partial charge on any atom is -0.455 e. The molecule has 0 radical (unpaired) electrons. The van der Waals surface area contributed by atoms with Crippen LogP contribution in [0.25, 0.3) is 0 Å². The van der Waals surface area contributed by atoms with Gasteiger partial charge in [0.15, 0.2) is 10.9 Å². The lowest BCUT2D eigenvalue weighted by Gasteiger charge is -2.08. The van der Waals surface area contributed by atoms with Crippen LogP contribution in [0.15, 0.2) is 58.4 Å². The number of nitrogens with one attached hydrogen (secondary N) is 1. The first-order valence-electron chi connectivity index (χ1n) is 8.46. The third-order valence-corrected chi connectivity index (χ3v) is 5.07. The zero-order valence-electron chi connectivity index (χ0n) is 15.0. The van der Waals surface area contributed by atoms with Gasteiger partial charge in [-0.3, -0.25) is 4.79 Å². The second-order valence-electron chi connectivity index (χ2n) is 6.08. The predicted octanol–water partition coefficient (Wildman–Crippen LogP) is 4.30. The van der Waals surface area contributed by atoms with Crippen LogP contribution in [0.5, 0.6) is 0 Å². The van der Waals surface area contributed by atoms with Crippen molar-refractivity contribution in [3.63, 3.8) is 0 Å². The molecule has 0 aliphatic heterocycles. The number of furan rings is 1. The molecule has 0 fully saturated rings. The molecule has 0 saturated heterocycles. The number of imidazole rings is 1. The van der Waals surface area contributed by atoms with Gasteiger partial charge in [-0.15, -0.1) is 0 Å². The van der Waals surface area contributed by atoms with Crippen LogP contribution < -0.4 is 5.32 Å². The minimum atomic E-state index is -4.35. The molecule has 1 aromatic carbocycles. The van der Waals surface area contributed by atoms with Gasteiger partial charge in [0.05, 0.1) is 11.3 Å². The fourth-order valence-electron chi connectivity index (χ4n) is 2.47. The molecule has 0 spiro atoms. The van der Waals surface area contributed by atoms with Gasteiger partial charge in [0.25, 0.3) is 5.91 Å². The van der Waals surface area contributed by atoms with Crippen molar-refractivity contribution in [1.82, 2.24) is 14.9 Å². The summed E-state index contributed by atoms with van der Waals surface area (Å²) in [4.78, 5) is 16.3. The number of carbonyl (C=O) groups excluding carboxylic acids is 1. The number of thioether (sulfide) groups is 1. The molecule has 3 aromatic rings. The summed E-state index contributed by atoms with van der Waals surface area (Å²) < 4.78 is 45.1. The lowest BCUT2D eigenvalue weighted by atomic mass is 10.1. The van der Waals surface area contributed by atoms with Crippen molar-refractivity contribution < 1.29 is 22.4 Å². The van der Waals surface area contributed by atoms with Gasteiger partial charge in [0.2, 0.25) is 0 Å². The van der Waals surface area contributed by atoms with Gasteiger partial charge in [-0.25, -0.2) is 4.98 Å². The highest BCUT2D eigenvalue weighted by atomic mass is 32.2. The molecule has 28 heavy (non-hydrogen) atoms. The Balaban J connectivity index is 1.46. The molecule has 0 aliphatic rings. The number of hydrogen-bond acceptors (Lipinski definition) is 4. The monoisotopic (exact) mass is 409 g/mol. The molecule has 0 unspecified atom stereocenters. The molecule has 0 saturated carbocycles. The Morgan fingerprint density at radius 2 is 1.96 bits per heavy atom. The zero-order chi connectivity index (χ0) is 20.1. The Kier molecular flexibility index (Phi) is 6.13. The maximum absolute atomic E-state index is 12.5. The van der Waals surface area contributed by atoms with Gasteiger partial charge in [0.1, 0.15) is 5.76 Å². The van der Waals surface area contributed by atoms with Gasteiger partial charge < -0.3 is 14.3 Å². The SMILES string of the molecule is Cn1ccnc1SCc1ccc(C(=O)NCCc2ccc(C(F)(F)F)cc2)o1. The quantitative estimate of drug-likeness (QED) is 0.591. The molecule has 0 atom stereocenters. The molecular weight excluding hydrogens is 391 g/mol. The molecule has 1 amide bonds. The number of benzene rings is 1. The molecular formula is C19H18F3N3O2S. The summed E-state index contributed by atoms with van der Waals surface area (Å²) >= 11 is 1.50. The van der Waals surface area contributed by atoms with E-state index in [1.165, 1.54) is 23.9 Å². The Hall–Kier alpha value is -2.68. The molecule has 1 N–H and O–H groups in total. The number of rotatable bonds is 7. The summed E-state index contributed by atoms with van der Waals surface area (Å²) in [6, 6.07) is 8.23. The standard InChI is InChI=1S/C19H18F3N3O2S/c1-25-11-10-24-18(25)28-12-15-6-7-16(27-15)17(26)23-9-8-13-2-4-14(5-3-13)19(20,21)22/h2-7,10-11H,8-9,12H2,1H3,(H,23,26). The fourth-order valence-corrected chi connectivity index (χ4v) is 3.30. The molecule has 5 nitrogen and oxygen atoms in total. The van der Waals surface area contributed by atoms with E-state index in [9.17, 15) is 18.0 Å². The van der Waals surface area contributed by atoms with Crippen LogP contribution in [-0.2, 0) is 25.4 Å². The highest BCUT2D eigenvalue weighted by molar-refractivity contribution is 7.98. The lowest BCUT2D eigenvalue weighted by molar-refractivity contribution is -0.137. The number of aryl methyl sites for hydroxylation is 1. The number of hydrogen-bond donors (Lipinski definition) is 1. The highest BCUT2D eigenvalue weighted by Gasteiger charge is 2.29. The summed E-state index contributed by atoms with van der Waals surface area (Å²) in [5, 5.41) is 3.55. The normalized spacial score (nSPS) is 11.6. The number of carbonyl (C=O) groups is 1.